The SMILES string of the molecule is C[NH+](CC(=O)Nc1ccccc1Cl)Cc1nc2c(oc3ccccc32)c(=O)[nH]1. The zero-order valence-electron chi connectivity index (χ0n) is 15.1. The smallest absolute Gasteiger partial charge is 0.294 e. The third kappa shape index (κ3) is 3.62. The van der Waals surface area contributed by atoms with E-state index < -0.39 is 0 Å². The number of nitrogens with zero attached hydrogens (tertiary/aromatic N) is 1. The van der Waals surface area contributed by atoms with Crippen LogP contribution >= 0.6 is 11.6 Å². The normalized spacial score (nSPS) is 12.4. The average Bonchev–Trinajstić information content (AvgIpc) is 3.03. The van der Waals surface area contributed by atoms with Gasteiger partial charge in [-0.15, -0.1) is 0 Å². The van der Waals surface area contributed by atoms with Crippen molar-refractivity contribution in [2.24, 2.45) is 0 Å². The van der Waals surface area contributed by atoms with E-state index >= 15 is 0 Å². The number of aromatic nitrogens is 2. The summed E-state index contributed by atoms with van der Waals surface area (Å²) in [5, 5.41) is 4.06. The number of rotatable bonds is 5. The molecule has 0 fully saturated rings. The Hall–Kier alpha value is -3.16. The van der Waals surface area contributed by atoms with Crippen molar-refractivity contribution >= 4 is 45.3 Å². The lowest BCUT2D eigenvalue weighted by Crippen LogP contribution is -3.08. The Balaban J connectivity index is 1.51. The Morgan fingerprint density at radius 3 is 2.79 bits per heavy atom. The highest BCUT2D eigenvalue weighted by Crippen LogP contribution is 2.24. The number of nitrogens with one attached hydrogen (secondary N) is 3. The maximum absolute atomic E-state index is 12.4. The molecule has 0 aliphatic heterocycles. The summed E-state index contributed by atoms with van der Waals surface area (Å²) in [5.74, 6) is 0.315. The van der Waals surface area contributed by atoms with Crippen LogP contribution in [0.5, 0.6) is 0 Å². The number of anilines is 1. The number of H-pyrrole nitrogens is 1. The van der Waals surface area contributed by atoms with Crippen LogP contribution in [0.1, 0.15) is 5.82 Å². The predicted octanol–water partition coefficient (Wildman–Crippen LogP) is 1.98. The van der Waals surface area contributed by atoms with Crippen LogP contribution in [0.3, 0.4) is 0 Å². The van der Waals surface area contributed by atoms with Crippen LogP contribution in [-0.4, -0.2) is 29.5 Å². The van der Waals surface area contributed by atoms with Gasteiger partial charge >= 0.3 is 0 Å². The molecule has 1 unspecified atom stereocenters. The molecule has 0 spiro atoms. The second kappa shape index (κ2) is 7.46. The first-order chi connectivity index (χ1) is 13.5. The third-order valence-electron chi connectivity index (χ3n) is 4.36. The lowest BCUT2D eigenvalue weighted by atomic mass is 10.2. The molecule has 0 radical (unpaired) electrons. The van der Waals surface area contributed by atoms with Crippen LogP contribution in [0, 0.1) is 0 Å². The summed E-state index contributed by atoms with van der Waals surface area (Å²) in [6.45, 7) is 0.569. The van der Waals surface area contributed by atoms with Gasteiger partial charge in [0, 0.05) is 5.39 Å². The topological polar surface area (TPSA) is 92.4 Å². The molecule has 0 saturated heterocycles. The van der Waals surface area contributed by atoms with E-state index in [2.05, 4.69) is 15.3 Å². The molecular weight excluding hydrogens is 380 g/mol. The van der Waals surface area contributed by atoms with Crippen molar-refractivity contribution in [2.45, 2.75) is 6.54 Å². The largest absolute Gasteiger partial charge is 0.449 e. The second-order valence-electron chi connectivity index (χ2n) is 6.63. The Morgan fingerprint density at radius 1 is 1.21 bits per heavy atom. The Morgan fingerprint density at radius 2 is 1.96 bits per heavy atom. The van der Waals surface area contributed by atoms with Crippen molar-refractivity contribution in [1.82, 2.24) is 9.97 Å². The first-order valence-corrected chi connectivity index (χ1v) is 9.15. The molecule has 2 heterocycles. The monoisotopic (exact) mass is 397 g/mol. The lowest BCUT2D eigenvalue weighted by Gasteiger charge is -2.13. The number of carbonyl (C=O) groups is 1. The van der Waals surface area contributed by atoms with E-state index in [-0.39, 0.29) is 23.6 Å². The predicted molar refractivity (Wildman–Crippen MR) is 108 cm³/mol. The molecule has 28 heavy (non-hydrogen) atoms. The summed E-state index contributed by atoms with van der Waals surface area (Å²) in [6.07, 6.45) is 0. The molecule has 0 bridgehead atoms. The van der Waals surface area contributed by atoms with E-state index in [4.69, 9.17) is 16.0 Å². The van der Waals surface area contributed by atoms with Gasteiger partial charge in [-0.1, -0.05) is 35.9 Å². The fourth-order valence-corrected chi connectivity index (χ4v) is 3.29. The van der Waals surface area contributed by atoms with Gasteiger partial charge in [-0.3, -0.25) is 9.59 Å². The lowest BCUT2D eigenvalue weighted by molar-refractivity contribution is -0.885. The van der Waals surface area contributed by atoms with E-state index in [9.17, 15) is 9.59 Å². The van der Waals surface area contributed by atoms with Crippen molar-refractivity contribution < 1.29 is 14.1 Å². The van der Waals surface area contributed by atoms with Crippen LogP contribution in [0.15, 0.2) is 57.7 Å². The second-order valence-corrected chi connectivity index (χ2v) is 7.03. The van der Waals surface area contributed by atoms with Gasteiger partial charge in [-0.2, -0.15) is 0 Å². The summed E-state index contributed by atoms with van der Waals surface area (Å²) in [5.41, 5.74) is 1.60. The molecule has 3 N–H and O–H groups in total. The molecule has 1 amide bonds. The summed E-state index contributed by atoms with van der Waals surface area (Å²) in [7, 11) is 1.85. The Labute approximate surface area is 164 Å². The van der Waals surface area contributed by atoms with Crippen molar-refractivity contribution in [2.75, 3.05) is 18.9 Å². The average molecular weight is 398 g/mol. The van der Waals surface area contributed by atoms with Crippen molar-refractivity contribution in [3.8, 4) is 0 Å². The highest BCUT2D eigenvalue weighted by molar-refractivity contribution is 6.33. The zero-order chi connectivity index (χ0) is 19.7. The number of aromatic amines is 1. The number of quaternary nitrogens is 1. The number of carbonyl (C=O) groups excluding carboxylic acids is 1. The number of hydrogen-bond acceptors (Lipinski definition) is 4. The van der Waals surface area contributed by atoms with Crippen LogP contribution in [-0.2, 0) is 11.3 Å². The number of amides is 1. The van der Waals surface area contributed by atoms with E-state index in [0.717, 1.165) is 10.3 Å². The van der Waals surface area contributed by atoms with Gasteiger partial charge < -0.3 is 19.6 Å². The van der Waals surface area contributed by atoms with Crippen LogP contribution < -0.4 is 15.8 Å². The quantitative estimate of drug-likeness (QED) is 0.480. The van der Waals surface area contributed by atoms with Crippen LogP contribution in [0.2, 0.25) is 5.02 Å². The number of benzene rings is 2. The highest BCUT2D eigenvalue weighted by atomic mass is 35.5. The fraction of sp³-hybridized carbons (Fsp3) is 0.150. The molecule has 2 aromatic heterocycles. The van der Waals surface area contributed by atoms with E-state index in [1.54, 1.807) is 30.3 Å². The molecule has 2 aromatic carbocycles. The maximum Gasteiger partial charge on any atom is 0.294 e. The van der Waals surface area contributed by atoms with Crippen LogP contribution in [0.4, 0.5) is 5.69 Å². The van der Waals surface area contributed by atoms with Gasteiger partial charge in [0.1, 0.15) is 17.6 Å². The molecule has 8 heteroatoms. The molecule has 4 aromatic rings. The molecule has 0 aliphatic carbocycles. The number of para-hydroxylation sites is 2. The Bertz CT molecular complexity index is 1230. The van der Waals surface area contributed by atoms with Crippen molar-refractivity contribution in [3.05, 3.63) is 69.7 Å². The maximum atomic E-state index is 12.4. The highest BCUT2D eigenvalue weighted by Gasteiger charge is 2.17. The summed E-state index contributed by atoms with van der Waals surface area (Å²) in [6, 6.07) is 14.4. The summed E-state index contributed by atoms with van der Waals surface area (Å²) < 4.78 is 5.60. The molecule has 7 nitrogen and oxygen atoms in total. The fourth-order valence-electron chi connectivity index (χ4n) is 3.11. The summed E-state index contributed by atoms with van der Waals surface area (Å²) >= 11 is 6.06. The third-order valence-corrected chi connectivity index (χ3v) is 4.69. The van der Waals surface area contributed by atoms with E-state index in [0.29, 0.717) is 34.2 Å². The Kier molecular flexibility index (Phi) is 4.85. The number of hydrogen-bond donors (Lipinski definition) is 3. The van der Waals surface area contributed by atoms with E-state index in [1.165, 1.54) is 0 Å². The number of halogens is 1. The molecule has 0 saturated carbocycles. The molecule has 0 aliphatic rings. The van der Waals surface area contributed by atoms with Gasteiger partial charge in [-0.05, 0) is 24.3 Å². The van der Waals surface area contributed by atoms with Crippen molar-refractivity contribution in [1.29, 1.82) is 0 Å². The first-order valence-electron chi connectivity index (χ1n) is 8.77. The molecule has 142 valence electrons. The minimum atomic E-state index is -0.329. The van der Waals surface area contributed by atoms with Gasteiger partial charge in [0.2, 0.25) is 5.58 Å². The minimum Gasteiger partial charge on any atom is -0.449 e. The van der Waals surface area contributed by atoms with E-state index in [1.807, 2.05) is 25.2 Å². The minimum absolute atomic E-state index is 0.178. The first kappa shape index (κ1) is 18.2. The number of likely N-dealkylation sites (N-methyl/N-ethyl adjacent to an activating group) is 1. The molecular formula is C20H18ClN4O3+. The van der Waals surface area contributed by atoms with Gasteiger partial charge in [-0.25, -0.2) is 4.98 Å². The standard InChI is InChI=1S/C20H17ClN4O3/c1-25(11-17(26)22-14-8-4-3-7-13(14)21)10-16-23-18-12-6-2-5-9-15(12)28-19(18)20(27)24-16/h2-9H,10-11H2,1H3,(H,22,26)(H,23,24,27)/p+1. The number of furan rings is 1. The molecule has 1 atom stereocenters. The zero-order valence-corrected chi connectivity index (χ0v) is 15.8. The number of fused-ring (bicyclic) bond motifs is 3. The van der Waals surface area contributed by atoms with Gasteiger partial charge in [0.15, 0.2) is 12.4 Å². The van der Waals surface area contributed by atoms with Gasteiger partial charge in [0.25, 0.3) is 11.5 Å². The summed E-state index contributed by atoms with van der Waals surface area (Å²) in [4.78, 5) is 32.8. The van der Waals surface area contributed by atoms with Gasteiger partial charge in [0.05, 0.1) is 17.8 Å². The molecule has 4 rings (SSSR count). The van der Waals surface area contributed by atoms with Crippen molar-refractivity contribution in [3.63, 3.8) is 0 Å². The van der Waals surface area contributed by atoms with Crippen LogP contribution in [0.25, 0.3) is 22.1 Å².